The summed E-state index contributed by atoms with van der Waals surface area (Å²) in [5.74, 6) is 0.0931. The number of hydrogen-bond donors (Lipinski definition) is 1. The molecule has 0 aromatic rings. The number of hydrogen-bond acceptors (Lipinski definition) is 3. The first-order valence-corrected chi connectivity index (χ1v) is 6.09. The molecule has 4 nitrogen and oxygen atoms in total. The van der Waals surface area contributed by atoms with Gasteiger partial charge in [-0.25, -0.2) is 0 Å². The molecule has 2 N–H and O–H groups in total. The smallest absolute Gasteiger partial charge is 0.226 e. The Balaban J connectivity index is 4.11. The maximum absolute atomic E-state index is 12.0. The molecule has 0 saturated heterocycles. The van der Waals surface area contributed by atoms with Crippen LogP contribution in [0.1, 0.15) is 27.2 Å². The van der Waals surface area contributed by atoms with Crippen LogP contribution in [0.3, 0.4) is 0 Å². The fourth-order valence-electron chi connectivity index (χ4n) is 1.51. The molecule has 96 valence electrons. The maximum atomic E-state index is 12.0. The molecule has 0 fully saturated rings. The van der Waals surface area contributed by atoms with Gasteiger partial charge < -0.3 is 15.5 Å². The van der Waals surface area contributed by atoms with E-state index in [1.807, 2.05) is 39.8 Å². The van der Waals surface area contributed by atoms with Crippen molar-refractivity contribution in [2.45, 2.75) is 33.2 Å². The molecule has 2 unspecified atom stereocenters. The Kier molecular flexibility index (Phi) is 7.34. The molecule has 0 aliphatic rings. The number of carbonyl (C=O) groups excluding carboxylic acids is 1. The number of nitrogens with zero attached hydrogens (tertiary/aromatic N) is 2. The summed E-state index contributed by atoms with van der Waals surface area (Å²) >= 11 is 0. The van der Waals surface area contributed by atoms with Gasteiger partial charge in [-0.2, -0.15) is 0 Å². The van der Waals surface area contributed by atoms with Crippen molar-refractivity contribution >= 4 is 5.91 Å². The minimum absolute atomic E-state index is 0.0737. The zero-order valence-electron chi connectivity index (χ0n) is 11.4. The fourth-order valence-corrected chi connectivity index (χ4v) is 1.51. The molecular weight excluding hydrogens is 202 g/mol. The summed E-state index contributed by atoms with van der Waals surface area (Å²) in [6.07, 6.45) is 1.01. The Morgan fingerprint density at radius 2 is 1.81 bits per heavy atom. The highest BCUT2D eigenvalue weighted by Gasteiger charge is 2.21. The van der Waals surface area contributed by atoms with Crippen LogP contribution in [-0.4, -0.2) is 55.5 Å². The maximum Gasteiger partial charge on any atom is 0.226 e. The minimum atomic E-state index is -0.0840. The van der Waals surface area contributed by atoms with E-state index >= 15 is 0 Å². The van der Waals surface area contributed by atoms with Gasteiger partial charge in [0.15, 0.2) is 0 Å². The first-order valence-electron chi connectivity index (χ1n) is 6.09. The van der Waals surface area contributed by atoms with Gasteiger partial charge in [0.1, 0.15) is 0 Å². The van der Waals surface area contributed by atoms with Crippen LogP contribution in [0.25, 0.3) is 0 Å². The number of carbonyl (C=O) groups is 1. The van der Waals surface area contributed by atoms with Crippen LogP contribution in [-0.2, 0) is 4.79 Å². The lowest BCUT2D eigenvalue weighted by atomic mass is 10.0. The Bertz CT molecular complexity index is 204. The third-order valence-electron chi connectivity index (χ3n) is 2.90. The Labute approximate surface area is 99.8 Å². The average Bonchev–Trinajstić information content (AvgIpc) is 2.21. The second-order valence-electron chi connectivity index (χ2n) is 4.72. The van der Waals surface area contributed by atoms with E-state index in [0.29, 0.717) is 0 Å². The van der Waals surface area contributed by atoms with Crippen molar-refractivity contribution in [2.75, 3.05) is 33.7 Å². The highest BCUT2D eigenvalue weighted by Crippen LogP contribution is 2.06. The standard InChI is InChI=1S/C12H27N3O/c1-6-15(9-7-8-14(4)5)12(16)10(2)11(3)13/h10-11H,6-9,13H2,1-5H3. The third-order valence-corrected chi connectivity index (χ3v) is 2.90. The van der Waals surface area contributed by atoms with Gasteiger partial charge in [-0.3, -0.25) is 4.79 Å². The van der Waals surface area contributed by atoms with Crippen LogP contribution in [0, 0.1) is 5.92 Å². The molecule has 4 heteroatoms. The van der Waals surface area contributed by atoms with Gasteiger partial charge in [-0.1, -0.05) is 6.92 Å². The molecule has 0 aromatic heterocycles. The first-order chi connectivity index (χ1) is 7.40. The quantitative estimate of drug-likeness (QED) is 0.701. The van der Waals surface area contributed by atoms with E-state index in [1.54, 1.807) is 0 Å². The average molecular weight is 229 g/mol. The van der Waals surface area contributed by atoms with Crippen LogP contribution < -0.4 is 5.73 Å². The lowest BCUT2D eigenvalue weighted by Gasteiger charge is -2.26. The van der Waals surface area contributed by atoms with Crippen LogP contribution >= 0.6 is 0 Å². The van der Waals surface area contributed by atoms with Crippen LogP contribution in [0.4, 0.5) is 0 Å². The molecule has 0 radical (unpaired) electrons. The van der Waals surface area contributed by atoms with Gasteiger partial charge in [0.25, 0.3) is 0 Å². The van der Waals surface area contributed by atoms with E-state index in [4.69, 9.17) is 5.73 Å². The Morgan fingerprint density at radius 1 is 1.25 bits per heavy atom. The fraction of sp³-hybridized carbons (Fsp3) is 0.917. The number of nitrogens with two attached hydrogens (primary N) is 1. The molecule has 0 aromatic carbocycles. The summed E-state index contributed by atoms with van der Waals surface area (Å²) < 4.78 is 0. The molecule has 0 rings (SSSR count). The van der Waals surface area contributed by atoms with Crippen molar-refractivity contribution in [3.63, 3.8) is 0 Å². The Morgan fingerprint density at radius 3 is 2.19 bits per heavy atom. The predicted molar refractivity (Wildman–Crippen MR) is 68.2 cm³/mol. The largest absolute Gasteiger partial charge is 0.343 e. The van der Waals surface area contributed by atoms with Crippen LogP contribution in [0.2, 0.25) is 0 Å². The summed E-state index contributed by atoms with van der Waals surface area (Å²) in [5, 5.41) is 0. The molecule has 0 heterocycles. The first kappa shape index (κ1) is 15.4. The van der Waals surface area contributed by atoms with Gasteiger partial charge >= 0.3 is 0 Å². The Hall–Kier alpha value is -0.610. The normalized spacial score (nSPS) is 14.9. The second kappa shape index (κ2) is 7.63. The molecule has 0 saturated carbocycles. The van der Waals surface area contributed by atoms with Gasteiger partial charge in [-0.15, -0.1) is 0 Å². The summed E-state index contributed by atoms with van der Waals surface area (Å²) in [6, 6.07) is -0.0737. The van der Waals surface area contributed by atoms with E-state index in [0.717, 1.165) is 26.1 Å². The lowest BCUT2D eigenvalue weighted by Crippen LogP contribution is -2.42. The van der Waals surface area contributed by atoms with E-state index in [2.05, 4.69) is 4.90 Å². The summed E-state index contributed by atoms with van der Waals surface area (Å²) in [6.45, 7) is 8.41. The van der Waals surface area contributed by atoms with E-state index in [9.17, 15) is 4.79 Å². The van der Waals surface area contributed by atoms with Crippen LogP contribution in [0.5, 0.6) is 0 Å². The lowest BCUT2D eigenvalue weighted by molar-refractivity contribution is -0.135. The topological polar surface area (TPSA) is 49.6 Å². The van der Waals surface area contributed by atoms with E-state index < -0.39 is 0 Å². The molecule has 1 amide bonds. The van der Waals surface area contributed by atoms with Gasteiger partial charge in [-0.05, 0) is 40.9 Å². The van der Waals surface area contributed by atoms with Gasteiger partial charge in [0, 0.05) is 19.1 Å². The zero-order chi connectivity index (χ0) is 12.7. The van der Waals surface area contributed by atoms with Crippen LogP contribution in [0.15, 0.2) is 0 Å². The predicted octanol–water partition coefficient (Wildman–Crippen LogP) is 0.770. The van der Waals surface area contributed by atoms with Gasteiger partial charge in [0.2, 0.25) is 5.91 Å². The second-order valence-corrected chi connectivity index (χ2v) is 4.72. The zero-order valence-corrected chi connectivity index (χ0v) is 11.4. The van der Waals surface area contributed by atoms with Crippen molar-refractivity contribution < 1.29 is 4.79 Å². The highest BCUT2D eigenvalue weighted by atomic mass is 16.2. The molecule has 16 heavy (non-hydrogen) atoms. The molecule has 2 atom stereocenters. The van der Waals surface area contributed by atoms with Crippen molar-refractivity contribution in [2.24, 2.45) is 11.7 Å². The summed E-state index contributed by atoms with van der Waals surface area (Å²) in [5.41, 5.74) is 5.75. The summed E-state index contributed by atoms with van der Waals surface area (Å²) in [4.78, 5) is 16.1. The number of amides is 1. The SMILES string of the molecule is CCN(CCCN(C)C)C(=O)C(C)C(C)N. The van der Waals surface area contributed by atoms with E-state index in [1.165, 1.54) is 0 Å². The molecular formula is C12H27N3O. The number of rotatable bonds is 7. The monoisotopic (exact) mass is 229 g/mol. The highest BCUT2D eigenvalue weighted by molar-refractivity contribution is 5.79. The van der Waals surface area contributed by atoms with Crippen molar-refractivity contribution in [3.05, 3.63) is 0 Å². The van der Waals surface area contributed by atoms with Crippen molar-refractivity contribution in [3.8, 4) is 0 Å². The molecule has 0 aliphatic carbocycles. The molecule has 0 spiro atoms. The molecule has 0 bridgehead atoms. The molecule has 0 aliphatic heterocycles. The minimum Gasteiger partial charge on any atom is -0.343 e. The van der Waals surface area contributed by atoms with Crippen molar-refractivity contribution in [1.82, 2.24) is 9.80 Å². The van der Waals surface area contributed by atoms with E-state index in [-0.39, 0.29) is 17.9 Å². The summed E-state index contributed by atoms with van der Waals surface area (Å²) in [7, 11) is 4.09. The third kappa shape index (κ3) is 5.47. The van der Waals surface area contributed by atoms with Crippen molar-refractivity contribution in [1.29, 1.82) is 0 Å². The van der Waals surface area contributed by atoms with Gasteiger partial charge in [0.05, 0.1) is 5.92 Å².